The highest BCUT2D eigenvalue weighted by Gasteiger charge is 2.69. The maximum atomic E-state index is 16.4. The average molecular weight is 673 g/mol. The molecule has 1 spiro atoms. The lowest BCUT2D eigenvalue weighted by Gasteiger charge is -2.39. The Balaban J connectivity index is 1.42. The van der Waals surface area contributed by atoms with Gasteiger partial charge in [-0.25, -0.2) is 19.2 Å². The van der Waals surface area contributed by atoms with Crippen LogP contribution in [0.4, 0.5) is 10.2 Å². The van der Waals surface area contributed by atoms with Crippen LogP contribution in [-0.2, 0) is 23.4 Å². The van der Waals surface area contributed by atoms with E-state index in [0.717, 1.165) is 11.1 Å². The van der Waals surface area contributed by atoms with Gasteiger partial charge in [-0.05, 0) is 73.0 Å². The minimum atomic E-state index is -1.44. The zero-order valence-electron chi connectivity index (χ0n) is 25.1. The lowest BCUT2D eigenvalue weighted by molar-refractivity contribution is -0.128. The van der Waals surface area contributed by atoms with Crippen LogP contribution in [0.3, 0.4) is 0 Å². The van der Waals surface area contributed by atoms with E-state index in [1.807, 2.05) is 31.2 Å². The molecule has 1 saturated heterocycles. The lowest BCUT2D eigenvalue weighted by Crippen LogP contribution is -2.51. The summed E-state index contributed by atoms with van der Waals surface area (Å²) in [6.07, 6.45) is 0.610. The van der Waals surface area contributed by atoms with Crippen molar-refractivity contribution in [1.29, 1.82) is 0 Å². The summed E-state index contributed by atoms with van der Waals surface area (Å²) >= 11 is 12.8. The molecule has 5 aromatic rings. The van der Waals surface area contributed by atoms with Crippen molar-refractivity contribution in [3.05, 3.63) is 117 Å². The summed E-state index contributed by atoms with van der Waals surface area (Å²) in [4.78, 5) is 38.3. The number of carboxylic acids is 1. The number of halogens is 3. The van der Waals surface area contributed by atoms with Gasteiger partial charge in [0.05, 0.1) is 28.2 Å². The number of fused-ring (bicyclic) bond motifs is 7. The Hall–Kier alpha value is -4.51. The molecule has 0 radical (unpaired) electrons. The third kappa shape index (κ3) is 4.38. The Morgan fingerprint density at radius 2 is 1.94 bits per heavy atom. The number of likely N-dealkylation sites (tertiary alicyclic amines) is 1. The minimum Gasteiger partial charge on any atom is -0.494 e. The molecule has 2 aromatic heterocycles. The number of imidazole rings is 1. The highest BCUT2D eigenvalue weighted by molar-refractivity contribution is 6.31. The van der Waals surface area contributed by atoms with Gasteiger partial charge in [-0.15, -0.1) is 0 Å². The number of amides is 1. The third-order valence-electron chi connectivity index (χ3n) is 9.78. The van der Waals surface area contributed by atoms with Crippen LogP contribution in [0.5, 0.6) is 5.75 Å². The van der Waals surface area contributed by atoms with Crippen molar-refractivity contribution in [2.75, 3.05) is 11.9 Å². The van der Waals surface area contributed by atoms with E-state index in [1.165, 1.54) is 6.07 Å². The lowest BCUT2D eigenvalue weighted by atomic mass is 9.70. The van der Waals surface area contributed by atoms with E-state index in [0.29, 0.717) is 54.6 Å². The Bertz CT molecular complexity index is 2120. The Morgan fingerprint density at radius 1 is 1.11 bits per heavy atom. The number of aryl methyl sites for hydroxylation is 1. The van der Waals surface area contributed by atoms with Gasteiger partial charge in [0.15, 0.2) is 0 Å². The molecule has 238 valence electrons. The largest absolute Gasteiger partial charge is 0.494 e. The zero-order chi connectivity index (χ0) is 32.6. The van der Waals surface area contributed by atoms with Crippen LogP contribution in [-0.4, -0.2) is 49.1 Å². The number of nitrogens with zero attached hydrogens (tertiary/aromatic N) is 4. The van der Waals surface area contributed by atoms with E-state index in [9.17, 15) is 14.7 Å². The summed E-state index contributed by atoms with van der Waals surface area (Å²) in [6.45, 7) is 3.31. The molecule has 2 N–H and O–H groups in total. The summed E-state index contributed by atoms with van der Waals surface area (Å²) in [5.74, 6) is -1.64. The molecular weight excluding hydrogens is 644 g/mol. The summed E-state index contributed by atoms with van der Waals surface area (Å²) in [5, 5.41) is 12.8. The number of hydrogen-bond acceptors (Lipinski definition) is 6. The SMILES string of the molecule is CCOc1cccc(CN2[C@H]3CCn4c(nc5cc(C(=O)O)ccc54)[C@H]3[C@H](c3cccc(Cl)c3F)[C@]23C(=O)Nc2nc(Cl)ccc23)c1. The zero-order valence-corrected chi connectivity index (χ0v) is 26.6. The van der Waals surface area contributed by atoms with Crippen LogP contribution < -0.4 is 10.1 Å². The van der Waals surface area contributed by atoms with Crippen molar-refractivity contribution >= 4 is 51.9 Å². The van der Waals surface area contributed by atoms with Gasteiger partial charge in [0, 0.05) is 36.5 Å². The molecule has 1 amide bonds. The molecule has 3 aliphatic rings. The van der Waals surface area contributed by atoms with Crippen molar-refractivity contribution in [2.24, 2.45) is 0 Å². The van der Waals surface area contributed by atoms with Crippen molar-refractivity contribution in [1.82, 2.24) is 19.4 Å². The third-order valence-corrected chi connectivity index (χ3v) is 10.3. The molecule has 0 unspecified atom stereocenters. The molecule has 4 atom stereocenters. The Labute approximate surface area is 278 Å². The number of carbonyl (C=O) groups is 2. The van der Waals surface area contributed by atoms with Gasteiger partial charge in [0.25, 0.3) is 5.91 Å². The maximum absolute atomic E-state index is 16.4. The van der Waals surface area contributed by atoms with E-state index >= 15 is 4.39 Å². The smallest absolute Gasteiger partial charge is 0.335 e. The second kappa shape index (κ2) is 11.0. The Kier molecular flexibility index (Phi) is 7.02. The Morgan fingerprint density at radius 3 is 2.74 bits per heavy atom. The number of pyridine rings is 1. The summed E-state index contributed by atoms with van der Waals surface area (Å²) in [6, 6.07) is 20.6. The number of anilines is 1. The summed E-state index contributed by atoms with van der Waals surface area (Å²) in [7, 11) is 0. The number of benzene rings is 3. The predicted octanol–water partition coefficient (Wildman–Crippen LogP) is 6.98. The van der Waals surface area contributed by atoms with Gasteiger partial charge in [-0.2, -0.15) is 0 Å². The van der Waals surface area contributed by atoms with E-state index in [1.54, 1.807) is 42.5 Å². The van der Waals surface area contributed by atoms with E-state index < -0.39 is 29.2 Å². The predicted molar refractivity (Wildman–Crippen MR) is 175 cm³/mol. The van der Waals surface area contributed by atoms with Crippen LogP contribution in [0, 0.1) is 5.82 Å². The van der Waals surface area contributed by atoms with E-state index in [-0.39, 0.29) is 33.3 Å². The van der Waals surface area contributed by atoms with Crippen molar-refractivity contribution in [2.45, 2.75) is 49.9 Å². The van der Waals surface area contributed by atoms with Gasteiger partial charge >= 0.3 is 5.97 Å². The van der Waals surface area contributed by atoms with Crippen molar-refractivity contribution < 1.29 is 23.8 Å². The summed E-state index contributed by atoms with van der Waals surface area (Å²) in [5.41, 5.74) is 1.75. The van der Waals surface area contributed by atoms with Crippen LogP contribution in [0.2, 0.25) is 10.2 Å². The number of carbonyl (C=O) groups excluding carboxylic acids is 1. The normalized spacial score (nSPS) is 23.1. The van der Waals surface area contributed by atoms with Gasteiger partial charge in [0.1, 0.15) is 33.9 Å². The highest BCUT2D eigenvalue weighted by atomic mass is 35.5. The first-order valence-corrected chi connectivity index (χ1v) is 16.1. The fourth-order valence-electron chi connectivity index (χ4n) is 8.08. The second-order valence-corrected chi connectivity index (χ2v) is 12.9. The average Bonchev–Trinajstić information content (AvgIpc) is 3.66. The molecule has 3 aromatic carbocycles. The molecular formula is C35H28Cl2FN5O4. The molecule has 0 aliphatic carbocycles. The van der Waals surface area contributed by atoms with E-state index in [2.05, 4.69) is 19.8 Å². The molecule has 1 fully saturated rings. The quantitative estimate of drug-likeness (QED) is 0.188. The number of aromatic carboxylic acids is 1. The van der Waals surface area contributed by atoms with Crippen LogP contribution >= 0.6 is 23.2 Å². The first-order valence-electron chi connectivity index (χ1n) is 15.4. The molecule has 5 heterocycles. The standard InChI is InChI=1S/C35H28Cl2FN5O4/c1-2-47-20-6-3-5-18(15-20)17-43-26-13-14-42-25-11-9-19(33(44)45)16-24(25)39-32(42)28(26)29(21-7-4-8-23(36)30(21)38)35(43)22-10-12-27(37)40-31(22)41-34(35)46/h3-12,15-16,26,28-29H,2,13-14,17H2,1H3,(H,44,45)(H,40,41,46)/t26-,28+,29-,35+/m0/s1. The van der Waals surface area contributed by atoms with Crippen molar-refractivity contribution in [3.63, 3.8) is 0 Å². The van der Waals surface area contributed by atoms with Crippen LogP contribution in [0.25, 0.3) is 11.0 Å². The second-order valence-electron chi connectivity index (χ2n) is 12.1. The van der Waals surface area contributed by atoms with E-state index in [4.69, 9.17) is 32.9 Å². The van der Waals surface area contributed by atoms with Crippen LogP contribution in [0.15, 0.2) is 72.8 Å². The number of hydrogen-bond donors (Lipinski definition) is 2. The molecule has 3 aliphatic heterocycles. The molecule has 9 nitrogen and oxygen atoms in total. The fourth-order valence-corrected chi connectivity index (χ4v) is 8.41. The number of aromatic nitrogens is 3. The fraction of sp³-hybridized carbons (Fsp3) is 0.257. The first kappa shape index (κ1) is 29.9. The van der Waals surface area contributed by atoms with Gasteiger partial charge in [-0.1, -0.05) is 47.5 Å². The summed E-state index contributed by atoms with van der Waals surface area (Å²) < 4.78 is 24.3. The van der Waals surface area contributed by atoms with Gasteiger partial charge in [-0.3, -0.25) is 9.69 Å². The number of rotatable bonds is 6. The highest BCUT2D eigenvalue weighted by Crippen LogP contribution is 2.64. The maximum Gasteiger partial charge on any atom is 0.335 e. The van der Waals surface area contributed by atoms with Crippen molar-refractivity contribution in [3.8, 4) is 5.75 Å². The minimum absolute atomic E-state index is 0.0552. The van der Waals surface area contributed by atoms with Gasteiger partial charge < -0.3 is 19.7 Å². The molecule has 47 heavy (non-hydrogen) atoms. The van der Waals surface area contributed by atoms with Crippen LogP contribution in [0.1, 0.15) is 58.1 Å². The molecule has 12 heteroatoms. The number of carboxylic acid groups (broad SMARTS) is 1. The number of ether oxygens (including phenoxy) is 1. The van der Waals surface area contributed by atoms with Gasteiger partial charge in [0.2, 0.25) is 0 Å². The molecule has 0 bridgehead atoms. The number of nitrogens with one attached hydrogen (secondary N) is 1. The first-order chi connectivity index (χ1) is 22.7. The molecule has 8 rings (SSSR count). The monoisotopic (exact) mass is 671 g/mol. The topological polar surface area (TPSA) is 110 Å². The molecule has 0 saturated carbocycles.